The van der Waals surface area contributed by atoms with Crippen LogP contribution in [0.15, 0.2) is 35.0 Å². The zero-order valence-corrected chi connectivity index (χ0v) is 13.2. The Labute approximate surface area is 130 Å². The number of amides is 1. The molecule has 0 aliphatic carbocycles. The molecule has 1 amide bonds. The van der Waals surface area contributed by atoms with Gasteiger partial charge in [-0.3, -0.25) is 4.79 Å². The van der Waals surface area contributed by atoms with Gasteiger partial charge >= 0.3 is 0 Å². The van der Waals surface area contributed by atoms with E-state index in [0.29, 0.717) is 17.3 Å². The highest BCUT2D eigenvalue weighted by Crippen LogP contribution is 2.42. The average Bonchev–Trinajstić information content (AvgIpc) is 3.03. The predicted molar refractivity (Wildman–Crippen MR) is 82.3 cm³/mol. The molecule has 1 unspecified atom stereocenters. The number of hydrogen-bond acceptors (Lipinski definition) is 4. The molecule has 1 aliphatic heterocycles. The van der Waals surface area contributed by atoms with Crippen molar-refractivity contribution in [1.29, 1.82) is 0 Å². The van der Waals surface area contributed by atoms with Crippen LogP contribution in [0.25, 0.3) is 0 Å². The molecule has 0 saturated carbocycles. The maximum atomic E-state index is 12.5. The molecule has 1 saturated heterocycles. The van der Waals surface area contributed by atoms with Gasteiger partial charge in [-0.1, -0.05) is 54.5 Å². The van der Waals surface area contributed by atoms with Crippen molar-refractivity contribution in [2.45, 2.75) is 33.1 Å². The quantitative estimate of drug-likeness (QED) is 0.874. The van der Waals surface area contributed by atoms with E-state index in [1.165, 1.54) is 5.56 Å². The highest BCUT2D eigenvalue weighted by molar-refractivity contribution is 5.79. The number of benzene rings is 1. The Hall–Kier alpha value is -2.17. The van der Waals surface area contributed by atoms with Crippen molar-refractivity contribution in [2.75, 3.05) is 13.1 Å². The van der Waals surface area contributed by atoms with Gasteiger partial charge < -0.3 is 4.90 Å². The fraction of sp³-hybridized carbons (Fsp3) is 0.471. The smallest absolute Gasteiger partial charge is 0.228 e. The molecule has 2 heterocycles. The van der Waals surface area contributed by atoms with Gasteiger partial charge in [0.15, 0.2) is 0 Å². The van der Waals surface area contributed by atoms with Crippen molar-refractivity contribution in [3.63, 3.8) is 0 Å². The van der Waals surface area contributed by atoms with Crippen LogP contribution in [0.5, 0.6) is 0 Å². The number of nitrogens with zero attached hydrogens (tertiary/aromatic N) is 3. The van der Waals surface area contributed by atoms with Crippen LogP contribution in [0.1, 0.15) is 36.7 Å². The maximum absolute atomic E-state index is 12.5. The van der Waals surface area contributed by atoms with Crippen LogP contribution < -0.4 is 0 Å². The average molecular weight is 299 g/mol. The topological polar surface area (TPSA) is 59.2 Å². The van der Waals surface area contributed by atoms with Crippen LogP contribution in [0.4, 0.5) is 0 Å². The third-order valence-electron chi connectivity index (χ3n) is 4.56. The highest BCUT2D eigenvalue weighted by Gasteiger charge is 2.41. The largest absolute Gasteiger partial charge is 0.341 e. The van der Waals surface area contributed by atoms with Crippen molar-refractivity contribution in [1.82, 2.24) is 15.2 Å². The van der Waals surface area contributed by atoms with Gasteiger partial charge in [-0.25, -0.2) is 4.63 Å². The standard InChI is InChI=1S/C17H21N3O2/c1-12-15(19-22-18-12)9-16(21)20-10-14(17(2,3)11-20)13-7-5-4-6-8-13/h4-8,14H,9-11H2,1-3H3. The Bertz CT molecular complexity index is 664. The Balaban J connectivity index is 1.75. The van der Waals surface area contributed by atoms with Crippen molar-refractivity contribution in [3.8, 4) is 0 Å². The lowest BCUT2D eigenvalue weighted by atomic mass is 9.78. The summed E-state index contributed by atoms with van der Waals surface area (Å²) in [6, 6.07) is 10.4. The molecule has 116 valence electrons. The number of aromatic nitrogens is 2. The first kappa shape index (κ1) is 14.8. The van der Waals surface area contributed by atoms with Gasteiger partial charge in [0.1, 0.15) is 11.4 Å². The van der Waals surface area contributed by atoms with Crippen molar-refractivity contribution >= 4 is 5.91 Å². The molecular weight excluding hydrogens is 278 g/mol. The molecule has 1 aliphatic rings. The third-order valence-corrected chi connectivity index (χ3v) is 4.56. The van der Waals surface area contributed by atoms with Gasteiger partial charge in [-0.05, 0) is 17.9 Å². The second kappa shape index (κ2) is 5.55. The van der Waals surface area contributed by atoms with E-state index in [9.17, 15) is 4.79 Å². The van der Waals surface area contributed by atoms with Crippen LogP contribution in [-0.4, -0.2) is 34.2 Å². The summed E-state index contributed by atoms with van der Waals surface area (Å²) in [6.07, 6.45) is 0.257. The highest BCUT2D eigenvalue weighted by atomic mass is 16.6. The first-order chi connectivity index (χ1) is 10.5. The number of carbonyl (C=O) groups excluding carboxylic acids is 1. The molecule has 22 heavy (non-hydrogen) atoms. The first-order valence-electron chi connectivity index (χ1n) is 7.58. The molecule has 0 spiro atoms. The Morgan fingerprint density at radius 1 is 1.32 bits per heavy atom. The number of likely N-dealkylation sites (tertiary alicyclic amines) is 1. The van der Waals surface area contributed by atoms with Gasteiger partial charge in [0.2, 0.25) is 5.91 Å². The normalized spacial score (nSPS) is 20.3. The summed E-state index contributed by atoms with van der Waals surface area (Å²) in [4.78, 5) is 14.5. The SMILES string of the molecule is Cc1nonc1CC(=O)N1CC(c2ccccc2)C(C)(C)C1. The van der Waals surface area contributed by atoms with Crippen LogP contribution in [-0.2, 0) is 11.2 Å². The van der Waals surface area contributed by atoms with Gasteiger partial charge in [-0.2, -0.15) is 0 Å². The Kier molecular flexibility index (Phi) is 3.72. The lowest BCUT2D eigenvalue weighted by Gasteiger charge is -2.25. The molecule has 1 fully saturated rings. The zero-order valence-electron chi connectivity index (χ0n) is 13.2. The third kappa shape index (κ3) is 2.75. The summed E-state index contributed by atoms with van der Waals surface area (Å²) in [5.74, 6) is 0.444. The minimum atomic E-state index is 0.0636. The van der Waals surface area contributed by atoms with Crippen molar-refractivity contribution in [3.05, 3.63) is 47.3 Å². The summed E-state index contributed by atoms with van der Waals surface area (Å²) in [6.45, 7) is 7.76. The molecule has 0 radical (unpaired) electrons. The molecule has 0 N–H and O–H groups in total. The first-order valence-corrected chi connectivity index (χ1v) is 7.58. The van der Waals surface area contributed by atoms with Gasteiger partial charge in [-0.15, -0.1) is 0 Å². The molecule has 2 aromatic rings. The molecule has 1 aromatic heterocycles. The second-order valence-corrected chi connectivity index (χ2v) is 6.70. The minimum absolute atomic E-state index is 0.0636. The number of aryl methyl sites for hydroxylation is 1. The van der Waals surface area contributed by atoms with E-state index in [1.807, 2.05) is 11.0 Å². The lowest BCUT2D eigenvalue weighted by Crippen LogP contribution is -2.31. The summed E-state index contributed by atoms with van der Waals surface area (Å²) >= 11 is 0. The summed E-state index contributed by atoms with van der Waals surface area (Å²) in [5, 5.41) is 7.54. The molecule has 5 nitrogen and oxygen atoms in total. The van der Waals surface area contributed by atoms with E-state index in [0.717, 1.165) is 13.1 Å². The summed E-state index contributed by atoms with van der Waals surface area (Å²) in [7, 11) is 0. The fourth-order valence-electron chi connectivity index (χ4n) is 3.23. The summed E-state index contributed by atoms with van der Waals surface area (Å²) in [5.41, 5.74) is 2.67. The molecule has 5 heteroatoms. The Morgan fingerprint density at radius 3 is 2.68 bits per heavy atom. The molecule has 1 aromatic carbocycles. The number of carbonyl (C=O) groups is 1. The van der Waals surface area contributed by atoms with Crippen LogP contribution in [0.3, 0.4) is 0 Å². The van der Waals surface area contributed by atoms with E-state index in [4.69, 9.17) is 0 Å². The second-order valence-electron chi connectivity index (χ2n) is 6.70. The number of hydrogen-bond donors (Lipinski definition) is 0. The van der Waals surface area contributed by atoms with E-state index in [1.54, 1.807) is 6.92 Å². The minimum Gasteiger partial charge on any atom is -0.341 e. The van der Waals surface area contributed by atoms with E-state index < -0.39 is 0 Å². The van der Waals surface area contributed by atoms with Crippen molar-refractivity contribution < 1.29 is 9.42 Å². The molecule has 1 atom stereocenters. The van der Waals surface area contributed by atoms with Crippen molar-refractivity contribution in [2.24, 2.45) is 5.41 Å². The van der Waals surface area contributed by atoms with Crippen LogP contribution in [0, 0.1) is 12.3 Å². The monoisotopic (exact) mass is 299 g/mol. The Morgan fingerprint density at radius 2 is 2.05 bits per heavy atom. The maximum Gasteiger partial charge on any atom is 0.228 e. The predicted octanol–water partition coefficient (Wildman–Crippen LogP) is 2.57. The lowest BCUT2D eigenvalue weighted by molar-refractivity contribution is -0.129. The van der Waals surface area contributed by atoms with Crippen LogP contribution in [0.2, 0.25) is 0 Å². The van der Waals surface area contributed by atoms with E-state index >= 15 is 0 Å². The zero-order chi connectivity index (χ0) is 15.7. The molecule has 0 bridgehead atoms. The van der Waals surface area contributed by atoms with Crippen LogP contribution >= 0.6 is 0 Å². The summed E-state index contributed by atoms with van der Waals surface area (Å²) < 4.78 is 4.67. The molecule has 3 rings (SSSR count). The molecular formula is C17H21N3O2. The van der Waals surface area contributed by atoms with Gasteiger partial charge in [0, 0.05) is 19.0 Å². The van der Waals surface area contributed by atoms with Gasteiger partial charge in [0.05, 0.1) is 6.42 Å². The number of rotatable bonds is 3. The van der Waals surface area contributed by atoms with E-state index in [2.05, 4.69) is 53.1 Å². The van der Waals surface area contributed by atoms with E-state index in [-0.39, 0.29) is 17.7 Å². The fourth-order valence-corrected chi connectivity index (χ4v) is 3.23. The van der Waals surface area contributed by atoms with Gasteiger partial charge in [0.25, 0.3) is 0 Å².